The molecule has 18 heavy (non-hydrogen) atoms. The van der Waals surface area contributed by atoms with Crippen LogP contribution in [-0.4, -0.2) is 35.6 Å². The Hall–Kier alpha value is -1.79. The molecule has 1 atom stereocenters. The third kappa shape index (κ3) is 8.37. The van der Waals surface area contributed by atoms with E-state index in [9.17, 15) is 14.4 Å². The van der Waals surface area contributed by atoms with Gasteiger partial charge in [-0.3, -0.25) is 4.79 Å². The summed E-state index contributed by atoms with van der Waals surface area (Å²) in [6, 6.07) is -1.91. The number of nitrogens with two attached hydrogens (primary N) is 1. The van der Waals surface area contributed by atoms with Gasteiger partial charge >= 0.3 is 12.0 Å². The zero-order chi connectivity index (χ0) is 14.3. The monoisotopic (exact) mass is 259 g/mol. The second-order valence-corrected chi connectivity index (χ2v) is 5.27. The van der Waals surface area contributed by atoms with Crippen LogP contribution in [0.1, 0.15) is 33.6 Å². The maximum absolute atomic E-state index is 11.4. The maximum Gasteiger partial charge on any atom is 0.326 e. The molecule has 0 rings (SSSR count). The van der Waals surface area contributed by atoms with Crippen LogP contribution in [0, 0.1) is 5.41 Å². The Morgan fingerprint density at radius 1 is 1.28 bits per heavy atom. The summed E-state index contributed by atoms with van der Waals surface area (Å²) in [6.45, 7) is 6.51. The quantitative estimate of drug-likeness (QED) is 0.538. The fourth-order valence-electron chi connectivity index (χ4n) is 1.16. The van der Waals surface area contributed by atoms with Gasteiger partial charge in [0, 0.05) is 6.54 Å². The maximum atomic E-state index is 11.4. The van der Waals surface area contributed by atoms with Crippen molar-refractivity contribution in [1.29, 1.82) is 0 Å². The molecule has 7 heteroatoms. The summed E-state index contributed by atoms with van der Waals surface area (Å²) < 4.78 is 0. The molecule has 0 saturated carbocycles. The summed E-state index contributed by atoms with van der Waals surface area (Å²) in [5.74, 6) is -2.07. The summed E-state index contributed by atoms with van der Waals surface area (Å²) in [4.78, 5) is 32.8. The molecule has 5 N–H and O–H groups in total. The van der Waals surface area contributed by atoms with Gasteiger partial charge in [-0.25, -0.2) is 9.59 Å². The highest BCUT2D eigenvalue weighted by molar-refractivity contribution is 5.87. The van der Waals surface area contributed by atoms with Gasteiger partial charge in [-0.15, -0.1) is 0 Å². The molecule has 0 heterocycles. The van der Waals surface area contributed by atoms with E-state index in [4.69, 9.17) is 10.8 Å². The molecular weight excluding hydrogens is 238 g/mol. The van der Waals surface area contributed by atoms with Gasteiger partial charge in [0.1, 0.15) is 6.04 Å². The average molecular weight is 259 g/mol. The molecule has 0 aromatic rings. The molecule has 7 nitrogen and oxygen atoms in total. The minimum absolute atomic E-state index is 0.0761. The largest absolute Gasteiger partial charge is 0.480 e. The highest BCUT2D eigenvalue weighted by Crippen LogP contribution is 2.16. The van der Waals surface area contributed by atoms with Crippen LogP contribution in [0.2, 0.25) is 0 Å². The van der Waals surface area contributed by atoms with Crippen molar-refractivity contribution >= 4 is 17.9 Å². The predicted molar refractivity (Wildman–Crippen MR) is 65.8 cm³/mol. The first-order valence-electron chi connectivity index (χ1n) is 5.67. The van der Waals surface area contributed by atoms with E-state index in [1.807, 2.05) is 20.8 Å². The summed E-state index contributed by atoms with van der Waals surface area (Å²) in [6.07, 6.45) is 0.329. The number of hydrogen-bond donors (Lipinski definition) is 4. The Labute approximate surface area is 106 Å². The minimum atomic E-state index is -1.29. The number of primary amides is 1. The Bertz CT molecular complexity index is 323. The zero-order valence-electron chi connectivity index (χ0n) is 10.9. The average Bonchev–Trinajstić information content (AvgIpc) is 2.13. The number of carboxylic acids is 1. The van der Waals surface area contributed by atoms with Gasteiger partial charge in [-0.1, -0.05) is 20.8 Å². The zero-order valence-corrected chi connectivity index (χ0v) is 10.9. The third-order valence-corrected chi connectivity index (χ3v) is 2.17. The molecule has 104 valence electrons. The van der Waals surface area contributed by atoms with Crippen molar-refractivity contribution in [3.8, 4) is 0 Å². The predicted octanol–water partition coefficient (Wildman–Crippen LogP) is 0.0504. The first kappa shape index (κ1) is 16.2. The first-order valence-corrected chi connectivity index (χ1v) is 5.67. The molecular formula is C11H21N3O4. The van der Waals surface area contributed by atoms with Crippen molar-refractivity contribution in [3.05, 3.63) is 0 Å². The molecule has 0 bridgehead atoms. The van der Waals surface area contributed by atoms with E-state index in [0.717, 1.165) is 6.42 Å². The Kier molecular flexibility index (Phi) is 6.15. The van der Waals surface area contributed by atoms with Crippen LogP contribution in [0.4, 0.5) is 4.79 Å². The van der Waals surface area contributed by atoms with Gasteiger partial charge in [-0.2, -0.15) is 0 Å². The van der Waals surface area contributed by atoms with E-state index in [1.54, 1.807) is 0 Å². The van der Waals surface area contributed by atoms with Gasteiger partial charge in [0.05, 0.1) is 6.42 Å². The fraction of sp³-hybridized carbons (Fsp3) is 0.727. The number of rotatable bonds is 6. The lowest BCUT2D eigenvalue weighted by molar-refractivity contribution is -0.140. The van der Waals surface area contributed by atoms with Gasteiger partial charge in [0.15, 0.2) is 0 Å². The van der Waals surface area contributed by atoms with Crippen LogP contribution in [-0.2, 0) is 9.59 Å². The van der Waals surface area contributed by atoms with Crippen LogP contribution < -0.4 is 16.4 Å². The van der Waals surface area contributed by atoms with Crippen molar-refractivity contribution in [2.75, 3.05) is 6.54 Å². The summed E-state index contributed by atoms with van der Waals surface area (Å²) in [5, 5.41) is 13.5. The SMILES string of the molecule is CC(C)(C)CCNC(=O)N[C@H](CC(N)=O)C(=O)O. The van der Waals surface area contributed by atoms with E-state index < -0.39 is 30.4 Å². The van der Waals surface area contributed by atoms with Crippen molar-refractivity contribution < 1.29 is 19.5 Å². The molecule has 3 amide bonds. The van der Waals surface area contributed by atoms with Crippen molar-refractivity contribution in [1.82, 2.24) is 10.6 Å². The second-order valence-electron chi connectivity index (χ2n) is 5.27. The molecule has 0 radical (unpaired) electrons. The van der Waals surface area contributed by atoms with Crippen LogP contribution in [0.3, 0.4) is 0 Å². The van der Waals surface area contributed by atoms with Crippen molar-refractivity contribution in [2.45, 2.75) is 39.7 Å². The number of nitrogens with one attached hydrogen (secondary N) is 2. The van der Waals surface area contributed by atoms with Crippen LogP contribution in [0.25, 0.3) is 0 Å². The topological polar surface area (TPSA) is 122 Å². The first-order chi connectivity index (χ1) is 8.11. The van der Waals surface area contributed by atoms with E-state index in [-0.39, 0.29) is 5.41 Å². The van der Waals surface area contributed by atoms with Gasteiger partial charge in [-0.05, 0) is 11.8 Å². The van der Waals surface area contributed by atoms with Crippen molar-refractivity contribution in [3.63, 3.8) is 0 Å². The third-order valence-electron chi connectivity index (χ3n) is 2.17. The number of hydrogen-bond acceptors (Lipinski definition) is 3. The number of amides is 3. The Balaban J connectivity index is 4.11. The highest BCUT2D eigenvalue weighted by atomic mass is 16.4. The van der Waals surface area contributed by atoms with Crippen LogP contribution in [0.5, 0.6) is 0 Å². The molecule has 0 saturated heterocycles. The van der Waals surface area contributed by atoms with E-state index >= 15 is 0 Å². The van der Waals surface area contributed by atoms with Crippen LogP contribution in [0.15, 0.2) is 0 Å². The molecule has 0 aromatic heterocycles. The van der Waals surface area contributed by atoms with Gasteiger partial charge < -0.3 is 21.5 Å². The van der Waals surface area contributed by atoms with Crippen molar-refractivity contribution in [2.24, 2.45) is 11.1 Å². The lowest BCUT2D eigenvalue weighted by Crippen LogP contribution is -2.48. The molecule has 0 aliphatic heterocycles. The van der Waals surface area contributed by atoms with E-state index in [0.29, 0.717) is 6.54 Å². The number of urea groups is 1. The Morgan fingerprint density at radius 2 is 1.83 bits per heavy atom. The standard InChI is InChI=1S/C11H21N3O4/c1-11(2,3)4-5-13-10(18)14-7(9(16)17)6-8(12)15/h7H,4-6H2,1-3H3,(H2,12,15)(H,16,17)(H2,13,14,18)/t7-/m1/s1. The number of carbonyl (C=O) groups excluding carboxylic acids is 2. The number of carboxylic acid groups (broad SMARTS) is 1. The minimum Gasteiger partial charge on any atom is -0.480 e. The van der Waals surface area contributed by atoms with Gasteiger partial charge in [0.2, 0.25) is 5.91 Å². The summed E-state index contributed by atoms with van der Waals surface area (Å²) in [7, 11) is 0. The lowest BCUT2D eigenvalue weighted by atomic mass is 9.92. The smallest absolute Gasteiger partial charge is 0.326 e. The van der Waals surface area contributed by atoms with Gasteiger partial charge in [0.25, 0.3) is 0 Å². The molecule has 0 aliphatic rings. The molecule has 0 spiro atoms. The van der Waals surface area contributed by atoms with E-state index in [1.165, 1.54) is 0 Å². The Morgan fingerprint density at radius 3 is 2.22 bits per heavy atom. The highest BCUT2D eigenvalue weighted by Gasteiger charge is 2.22. The summed E-state index contributed by atoms with van der Waals surface area (Å²) >= 11 is 0. The normalized spacial score (nSPS) is 12.6. The second kappa shape index (κ2) is 6.83. The number of aliphatic carboxylic acids is 1. The molecule has 0 aliphatic carbocycles. The molecule has 0 unspecified atom stereocenters. The van der Waals surface area contributed by atoms with E-state index in [2.05, 4.69) is 10.6 Å². The summed E-state index contributed by atoms with van der Waals surface area (Å²) in [5.41, 5.74) is 4.97. The molecule has 0 aromatic carbocycles. The number of carbonyl (C=O) groups is 3. The van der Waals surface area contributed by atoms with Crippen LogP contribution >= 0.6 is 0 Å². The fourth-order valence-corrected chi connectivity index (χ4v) is 1.16. The lowest BCUT2D eigenvalue weighted by Gasteiger charge is -2.19. The molecule has 0 fully saturated rings.